The molecule has 2 N–H and O–H groups in total. The first-order chi connectivity index (χ1) is 14.1. The van der Waals surface area contributed by atoms with E-state index in [1.807, 2.05) is 30.3 Å². The maximum atomic E-state index is 10.5. The van der Waals surface area contributed by atoms with Crippen LogP contribution in [0.1, 0.15) is 29.7 Å². The predicted molar refractivity (Wildman–Crippen MR) is 114 cm³/mol. The molecule has 0 aliphatic rings. The van der Waals surface area contributed by atoms with Crippen molar-refractivity contribution in [2.75, 3.05) is 6.54 Å². The van der Waals surface area contributed by atoms with Crippen LogP contribution in [0.4, 0.5) is 0 Å². The van der Waals surface area contributed by atoms with Crippen molar-refractivity contribution in [2.24, 2.45) is 0 Å². The quantitative estimate of drug-likeness (QED) is 0.496. The summed E-state index contributed by atoms with van der Waals surface area (Å²) in [6, 6.07) is 20.5. The smallest absolute Gasteiger partial charge is 0.303 e. The van der Waals surface area contributed by atoms with Gasteiger partial charge in [0, 0.05) is 13.0 Å². The van der Waals surface area contributed by atoms with Crippen LogP contribution in [0.25, 0.3) is 11.1 Å². The lowest BCUT2D eigenvalue weighted by molar-refractivity contribution is -0.137. The number of benzene rings is 2. The van der Waals surface area contributed by atoms with Gasteiger partial charge in [-0.2, -0.15) is 0 Å². The van der Waals surface area contributed by atoms with Gasteiger partial charge >= 0.3 is 5.97 Å². The van der Waals surface area contributed by atoms with Crippen LogP contribution < -0.4 is 10.1 Å². The number of carbonyl (C=O) groups is 1. The molecule has 0 unspecified atom stereocenters. The second-order valence-corrected chi connectivity index (χ2v) is 6.90. The monoisotopic (exact) mass is 390 g/mol. The molecule has 0 spiro atoms. The van der Waals surface area contributed by atoms with Crippen LogP contribution in [0.15, 0.2) is 66.9 Å². The fraction of sp³-hybridized carbons (Fsp3) is 0.250. The normalized spacial score (nSPS) is 10.7. The van der Waals surface area contributed by atoms with Crippen LogP contribution in [0, 0.1) is 6.92 Å². The van der Waals surface area contributed by atoms with Crippen molar-refractivity contribution in [2.45, 2.75) is 32.9 Å². The molecule has 0 aliphatic heterocycles. The van der Waals surface area contributed by atoms with Crippen molar-refractivity contribution >= 4 is 5.97 Å². The second-order valence-electron chi connectivity index (χ2n) is 6.90. The van der Waals surface area contributed by atoms with Crippen molar-refractivity contribution in [3.63, 3.8) is 0 Å². The van der Waals surface area contributed by atoms with Crippen LogP contribution in [-0.4, -0.2) is 22.6 Å². The highest BCUT2D eigenvalue weighted by Gasteiger charge is 2.07. The van der Waals surface area contributed by atoms with Gasteiger partial charge in [0.1, 0.15) is 12.4 Å². The first kappa shape index (κ1) is 20.6. The predicted octanol–water partition coefficient (Wildman–Crippen LogP) is 4.59. The van der Waals surface area contributed by atoms with Gasteiger partial charge in [-0.15, -0.1) is 0 Å². The van der Waals surface area contributed by atoms with E-state index >= 15 is 0 Å². The van der Waals surface area contributed by atoms with Gasteiger partial charge in [0.15, 0.2) is 0 Å². The van der Waals surface area contributed by atoms with Gasteiger partial charge < -0.3 is 15.2 Å². The Morgan fingerprint density at radius 1 is 1.07 bits per heavy atom. The highest BCUT2D eigenvalue weighted by molar-refractivity contribution is 5.68. The molecular formula is C24H26N2O3. The fourth-order valence-corrected chi connectivity index (χ4v) is 3.11. The average molecular weight is 390 g/mol. The minimum atomic E-state index is -0.768. The zero-order valence-electron chi connectivity index (χ0n) is 16.6. The van der Waals surface area contributed by atoms with Crippen LogP contribution in [0.3, 0.4) is 0 Å². The van der Waals surface area contributed by atoms with E-state index in [4.69, 9.17) is 9.84 Å². The molecule has 5 heteroatoms. The summed E-state index contributed by atoms with van der Waals surface area (Å²) >= 11 is 0. The number of pyridine rings is 1. The standard InChI is InChI=1S/C24H26N2O3/c1-18-20(9-5-10-23(18)19-7-3-2-4-8-19)17-29-22-13-12-21(26-16-22)15-25-14-6-11-24(27)28/h2-5,7-10,12-13,16,25H,6,11,14-15,17H2,1H3,(H,27,28). The van der Waals surface area contributed by atoms with Gasteiger partial charge in [-0.25, -0.2) is 0 Å². The van der Waals surface area contributed by atoms with Gasteiger partial charge in [-0.3, -0.25) is 9.78 Å². The summed E-state index contributed by atoms with van der Waals surface area (Å²) in [7, 11) is 0. The minimum absolute atomic E-state index is 0.179. The van der Waals surface area contributed by atoms with Crippen molar-refractivity contribution in [1.82, 2.24) is 10.3 Å². The number of nitrogens with one attached hydrogen (secondary N) is 1. The summed E-state index contributed by atoms with van der Waals surface area (Å²) in [4.78, 5) is 14.9. The van der Waals surface area contributed by atoms with E-state index < -0.39 is 5.97 Å². The minimum Gasteiger partial charge on any atom is -0.487 e. The summed E-state index contributed by atoms with van der Waals surface area (Å²) in [6.45, 7) is 3.88. The first-order valence-corrected chi connectivity index (χ1v) is 9.77. The molecule has 3 rings (SSSR count). The van der Waals surface area contributed by atoms with E-state index in [-0.39, 0.29) is 6.42 Å². The first-order valence-electron chi connectivity index (χ1n) is 9.77. The van der Waals surface area contributed by atoms with E-state index in [2.05, 4.69) is 47.6 Å². The number of carboxylic acid groups (broad SMARTS) is 1. The van der Waals surface area contributed by atoms with Crippen LogP contribution in [0.5, 0.6) is 5.75 Å². The number of nitrogens with zero attached hydrogens (tertiary/aromatic N) is 1. The van der Waals surface area contributed by atoms with E-state index in [1.165, 1.54) is 16.7 Å². The van der Waals surface area contributed by atoms with Gasteiger partial charge in [-0.1, -0.05) is 48.5 Å². The molecule has 2 aromatic carbocycles. The van der Waals surface area contributed by atoms with Crippen molar-refractivity contribution in [1.29, 1.82) is 0 Å². The lowest BCUT2D eigenvalue weighted by Gasteiger charge is -2.13. The number of aromatic nitrogens is 1. The molecule has 3 aromatic rings. The number of rotatable bonds is 10. The number of hydrogen-bond donors (Lipinski definition) is 2. The molecule has 0 saturated heterocycles. The SMILES string of the molecule is Cc1c(COc2ccc(CNCCCC(=O)O)nc2)cccc1-c1ccccc1. The zero-order valence-corrected chi connectivity index (χ0v) is 16.6. The van der Waals surface area contributed by atoms with Gasteiger partial charge in [0.25, 0.3) is 0 Å². The van der Waals surface area contributed by atoms with Crippen LogP contribution >= 0.6 is 0 Å². The van der Waals surface area contributed by atoms with Crippen molar-refractivity contribution in [3.05, 3.63) is 83.7 Å². The molecule has 0 bridgehead atoms. The molecule has 5 nitrogen and oxygen atoms in total. The third-order valence-corrected chi connectivity index (χ3v) is 4.77. The third kappa shape index (κ3) is 6.16. The lowest BCUT2D eigenvalue weighted by atomic mass is 9.97. The Labute approximate surface area is 171 Å². The molecular weight excluding hydrogens is 364 g/mol. The topological polar surface area (TPSA) is 71.5 Å². The Balaban J connectivity index is 1.53. The van der Waals surface area contributed by atoms with E-state index in [1.54, 1.807) is 6.20 Å². The maximum absolute atomic E-state index is 10.5. The molecule has 150 valence electrons. The number of hydrogen-bond acceptors (Lipinski definition) is 4. The highest BCUT2D eigenvalue weighted by atomic mass is 16.5. The van der Waals surface area contributed by atoms with Crippen LogP contribution in [0.2, 0.25) is 0 Å². The summed E-state index contributed by atoms with van der Waals surface area (Å²) < 4.78 is 5.94. The van der Waals surface area contributed by atoms with E-state index in [0.29, 0.717) is 26.1 Å². The molecule has 1 heterocycles. The van der Waals surface area contributed by atoms with Gasteiger partial charge in [0.05, 0.1) is 11.9 Å². The number of carboxylic acids is 1. The fourth-order valence-electron chi connectivity index (χ4n) is 3.11. The Kier molecular flexibility index (Phi) is 7.36. The summed E-state index contributed by atoms with van der Waals surface area (Å²) in [5, 5.41) is 11.8. The summed E-state index contributed by atoms with van der Waals surface area (Å²) in [5.74, 6) is -0.0416. The highest BCUT2D eigenvalue weighted by Crippen LogP contribution is 2.26. The van der Waals surface area contributed by atoms with Crippen LogP contribution in [-0.2, 0) is 17.9 Å². The number of ether oxygens (including phenoxy) is 1. The average Bonchev–Trinajstić information content (AvgIpc) is 2.74. The van der Waals surface area contributed by atoms with Gasteiger partial charge in [-0.05, 0) is 54.3 Å². The summed E-state index contributed by atoms with van der Waals surface area (Å²) in [6.07, 6.45) is 2.51. The molecule has 0 atom stereocenters. The Hall–Kier alpha value is -3.18. The Morgan fingerprint density at radius 3 is 2.62 bits per heavy atom. The molecule has 0 fully saturated rings. The molecule has 0 saturated carbocycles. The third-order valence-electron chi connectivity index (χ3n) is 4.77. The Bertz CT molecular complexity index is 925. The van der Waals surface area contributed by atoms with Crippen molar-refractivity contribution in [3.8, 4) is 16.9 Å². The largest absolute Gasteiger partial charge is 0.487 e. The molecule has 29 heavy (non-hydrogen) atoms. The summed E-state index contributed by atoms with van der Waals surface area (Å²) in [5.41, 5.74) is 5.68. The molecule has 0 aliphatic carbocycles. The Morgan fingerprint density at radius 2 is 1.90 bits per heavy atom. The lowest BCUT2D eigenvalue weighted by Crippen LogP contribution is -2.16. The number of aliphatic carboxylic acids is 1. The molecule has 0 radical (unpaired) electrons. The molecule has 1 aromatic heterocycles. The van der Waals surface area contributed by atoms with E-state index in [9.17, 15) is 4.79 Å². The van der Waals surface area contributed by atoms with Gasteiger partial charge in [0.2, 0.25) is 0 Å². The molecule has 0 amide bonds. The van der Waals surface area contributed by atoms with E-state index in [0.717, 1.165) is 17.0 Å². The second kappa shape index (κ2) is 10.4. The maximum Gasteiger partial charge on any atom is 0.303 e. The van der Waals surface area contributed by atoms with Crippen molar-refractivity contribution < 1.29 is 14.6 Å². The zero-order chi connectivity index (χ0) is 20.5.